The number of benzene rings is 1. The highest BCUT2D eigenvalue weighted by molar-refractivity contribution is 5.80. The minimum atomic E-state index is 0.0579. The number of guanidine groups is 1. The molecule has 2 rings (SSSR count). The van der Waals surface area contributed by atoms with Gasteiger partial charge < -0.3 is 20.1 Å². The molecule has 1 aliphatic heterocycles. The van der Waals surface area contributed by atoms with Crippen molar-refractivity contribution in [3.8, 4) is 0 Å². The lowest BCUT2D eigenvalue weighted by atomic mass is 10.1. The van der Waals surface area contributed by atoms with Crippen molar-refractivity contribution in [2.45, 2.75) is 33.4 Å². The number of aliphatic hydroxyl groups excluding tert-OH is 1. The highest BCUT2D eigenvalue weighted by atomic mass is 16.5. The van der Waals surface area contributed by atoms with Crippen LogP contribution in [0.15, 0.2) is 29.3 Å². The molecule has 0 spiro atoms. The predicted octanol–water partition coefficient (Wildman–Crippen LogP) is 2.00. The number of aliphatic hydroxyl groups is 1. The molecule has 5 heteroatoms. The van der Waals surface area contributed by atoms with Gasteiger partial charge in [0.25, 0.3) is 0 Å². The summed E-state index contributed by atoms with van der Waals surface area (Å²) in [5, 5.41) is 12.8. The van der Waals surface area contributed by atoms with Crippen molar-refractivity contribution in [1.29, 1.82) is 0 Å². The van der Waals surface area contributed by atoms with Crippen LogP contribution in [0.2, 0.25) is 0 Å². The second kappa shape index (κ2) is 9.53. The van der Waals surface area contributed by atoms with E-state index in [1.54, 1.807) is 0 Å². The summed E-state index contributed by atoms with van der Waals surface area (Å²) in [6.45, 7) is 9.25. The second-order valence-corrected chi connectivity index (χ2v) is 5.86. The van der Waals surface area contributed by atoms with E-state index in [2.05, 4.69) is 17.1 Å². The van der Waals surface area contributed by atoms with Crippen LogP contribution in [0.5, 0.6) is 0 Å². The van der Waals surface area contributed by atoms with Crippen molar-refractivity contribution in [3.63, 3.8) is 0 Å². The van der Waals surface area contributed by atoms with E-state index in [9.17, 15) is 5.11 Å². The van der Waals surface area contributed by atoms with Gasteiger partial charge in [-0.15, -0.1) is 0 Å². The van der Waals surface area contributed by atoms with E-state index in [1.165, 1.54) is 0 Å². The molecule has 0 amide bonds. The van der Waals surface area contributed by atoms with Crippen LogP contribution in [0.4, 0.5) is 0 Å². The highest BCUT2D eigenvalue weighted by Crippen LogP contribution is 2.17. The van der Waals surface area contributed by atoms with Crippen molar-refractivity contribution in [3.05, 3.63) is 35.4 Å². The van der Waals surface area contributed by atoms with Gasteiger partial charge in [-0.25, -0.2) is 4.99 Å². The topological polar surface area (TPSA) is 57.1 Å². The zero-order valence-corrected chi connectivity index (χ0v) is 14.3. The van der Waals surface area contributed by atoms with E-state index in [-0.39, 0.29) is 6.61 Å². The van der Waals surface area contributed by atoms with Crippen molar-refractivity contribution in [2.24, 2.45) is 10.9 Å². The van der Waals surface area contributed by atoms with Crippen molar-refractivity contribution >= 4 is 5.96 Å². The molecule has 5 nitrogen and oxygen atoms in total. The molecule has 1 unspecified atom stereocenters. The van der Waals surface area contributed by atoms with Crippen LogP contribution in [0, 0.1) is 5.92 Å². The largest absolute Gasteiger partial charge is 0.392 e. The molecule has 0 bridgehead atoms. The van der Waals surface area contributed by atoms with E-state index in [1.807, 2.05) is 31.2 Å². The summed E-state index contributed by atoms with van der Waals surface area (Å²) in [7, 11) is 0. The fourth-order valence-electron chi connectivity index (χ4n) is 2.90. The summed E-state index contributed by atoms with van der Waals surface area (Å²) in [5.41, 5.74) is 2.03. The molecular formula is C18H29N3O2. The Bertz CT molecular complexity index is 505. The van der Waals surface area contributed by atoms with Crippen molar-refractivity contribution < 1.29 is 9.84 Å². The Balaban J connectivity index is 2.00. The smallest absolute Gasteiger partial charge is 0.194 e. The maximum Gasteiger partial charge on any atom is 0.194 e. The van der Waals surface area contributed by atoms with Gasteiger partial charge in [-0.2, -0.15) is 0 Å². The van der Waals surface area contributed by atoms with E-state index in [0.29, 0.717) is 12.5 Å². The Morgan fingerprint density at radius 3 is 2.83 bits per heavy atom. The number of hydrogen-bond acceptors (Lipinski definition) is 3. The number of nitrogens with one attached hydrogen (secondary N) is 1. The summed E-state index contributed by atoms with van der Waals surface area (Å²) in [6, 6.07) is 7.92. The third-order valence-electron chi connectivity index (χ3n) is 4.17. The monoisotopic (exact) mass is 319 g/mol. The maximum absolute atomic E-state index is 9.43. The third kappa shape index (κ3) is 5.22. The van der Waals surface area contributed by atoms with E-state index >= 15 is 0 Å². The Hall–Kier alpha value is -1.59. The molecular weight excluding hydrogens is 290 g/mol. The average molecular weight is 319 g/mol. The first-order valence-electron chi connectivity index (χ1n) is 8.57. The Morgan fingerprint density at radius 1 is 1.35 bits per heavy atom. The van der Waals surface area contributed by atoms with E-state index in [0.717, 1.165) is 56.4 Å². The van der Waals surface area contributed by atoms with E-state index < -0.39 is 0 Å². The van der Waals surface area contributed by atoms with Gasteiger partial charge in [-0.3, -0.25) is 0 Å². The SMILES string of the molecule is CCNC(=NCc1ccccc1CO)N1CCC(COCC)C1. The van der Waals surface area contributed by atoms with Gasteiger partial charge in [0.1, 0.15) is 0 Å². The second-order valence-electron chi connectivity index (χ2n) is 5.86. The molecule has 0 aromatic heterocycles. The lowest BCUT2D eigenvalue weighted by molar-refractivity contribution is 0.114. The van der Waals surface area contributed by atoms with Gasteiger partial charge in [-0.1, -0.05) is 24.3 Å². The van der Waals surface area contributed by atoms with Crippen LogP contribution < -0.4 is 5.32 Å². The number of likely N-dealkylation sites (tertiary alicyclic amines) is 1. The first kappa shape index (κ1) is 17.8. The number of rotatable bonds is 7. The standard InChI is InChI=1S/C18H29N3O2/c1-3-19-18(21-10-9-15(12-21)14-23-4-2)20-11-16-7-5-6-8-17(16)13-22/h5-8,15,22H,3-4,9-14H2,1-2H3,(H,19,20). The first-order chi connectivity index (χ1) is 11.3. The summed E-state index contributed by atoms with van der Waals surface area (Å²) < 4.78 is 5.55. The van der Waals surface area contributed by atoms with E-state index in [4.69, 9.17) is 9.73 Å². The van der Waals surface area contributed by atoms with Gasteiger partial charge in [0.05, 0.1) is 19.8 Å². The fraction of sp³-hybridized carbons (Fsp3) is 0.611. The Morgan fingerprint density at radius 2 is 2.13 bits per heavy atom. The zero-order valence-electron chi connectivity index (χ0n) is 14.3. The van der Waals surface area contributed by atoms with Crippen molar-refractivity contribution in [1.82, 2.24) is 10.2 Å². The molecule has 0 aliphatic carbocycles. The van der Waals surface area contributed by atoms with Crippen LogP contribution in [-0.4, -0.2) is 48.8 Å². The molecule has 1 aliphatic rings. The molecule has 1 aromatic rings. The third-order valence-corrected chi connectivity index (χ3v) is 4.17. The number of hydrogen-bond donors (Lipinski definition) is 2. The Labute approximate surface area is 139 Å². The first-order valence-corrected chi connectivity index (χ1v) is 8.57. The lowest BCUT2D eigenvalue weighted by Crippen LogP contribution is -2.40. The Kier molecular flexibility index (Phi) is 7.36. The zero-order chi connectivity index (χ0) is 16.5. The number of nitrogens with zero attached hydrogens (tertiary/aromatic N) is 2. The van der Waals surface area contributed by atoms with Crippen LogP contribution in [0.25, 0.3) is 0 Å². The van der Waals surface area contributed by atoms with Crippen LogP contribution in [0.1, 0.15) is 31.4 Å². The molecule has 1 fully saturated rings. The maximum atomic E-state index is 9.43. The minimum absolute atomic E-state index is 0.0579. The van der Waals surface area contributed by atoms with Gasteiger partial charge in [0, 0.05) is 32.2 Å². The summed E-state index contributed by atoms with van der Waals surface area (Å²) >= 11 is 0. The number of ether oxygens (including phenoxy) is 1. The quantitative estimate of drug-likeness (QED) is 0.596. The molecule has 0 saturated carbocycles. The molecule has 1 atom stereocenters. The summed E-state index contributed by atoms with van der Waals surface area (Å²) in [4.78, 5) is 7.08. The fourth-order valence-corrected chi connectivity index (χ4v) is 2.90. The van der Waals surface area contributed by atoms with Gasteiger partial charge >= 0.3 is 0 Å². The minimum Gasteiger partial charge on any atom is -0.392 e. The molecule has 0 radical (unpaired) electrons. The molecule has 23 heavy (non-hydrogen) atoms. The van der Waals surface area contributed by atoms with Crippen LogP contribution >= 0.6 is 0 Å². The van der Waals surface area contributed by atoms with Crippen LogP contribution in [-0.2, 0) is 17.9 Å². The highest BCUT2D eigenvalue weighted by Gasteiger charge is 2.24. The van der Waals surface area contributed by atoms with Crippen LogP contribution in [0.3, 0.4) is 0 Å². The predicted molar refractivity (Wildman–Crippen MR) is 93.4 cm³/mol. The molecule has 1 saturated heterocycles. The molecule has 2 N–H and O–H groups in total. The molecule has 1 aromatic carbocycles. The summed E-state index contributed by atoms with van der Waals surface area (Å²) in [6.07, 6.45) is 1.15. The van der Waals surface area contributed by atoms with Gasteiger partial charge in [-0.05, 0) is 31.4 Å². The number of aliphatic imine (C=N–C) groups is 1. The van der Waals surface area contributed by atoms with Gasteiger partial charge in [0.2, 0.25) is 0 Å². The molecule has 1 heterocycles. The van der Waals surface area contributed by atoms with Gasteiger partial charge in [0.15, 0.2) is 5.96 Å². The molecule has 128 valence electrons. The summed E-state index contributed by atoms with van der Waals surface area (Å²) in [5.74, 6) is 1.54. The van der Waals surface area contributed by atoms with Crippen molar-refractivity contribution in [2.75, 3.05) is 32.8 Å². The normalized spacial score (nSPS) is 18.5. The lowest BCUT2D eigenvalue weighted by Gasteiger charge is -2.22. The average Bonchev–Trinajstić information content (AvgIpc) is 3.05.